The zero-order valence-corrected chi connectivity index (χ0v) is 17.1. The van der Waals surface area contributed by atoms with Crippen LogP contribution in [-0.2, 0) is 13.2 Å². The molecular formula is C25H20FN3O3. The van der Waals surface area contributed by atoms with Crippen LogP contribution in [0.15, 0.2) is 91.3 Å². The van der Waals surface area contributed by atoms with Crippen molar-refractivity contribution in [3.05, 3.63) is 114 Å². The molecule has 4 aromatic rings. The number of nitrogens with one attached hydrogen (secondary N) is 1. The van der Waals surface area contributed by atoms with Crippen molar-refractivity contribution in [3.63, 3.8) is 0 Å². The topological polar surface area (TPSA) is 73.3 Å². The zero-order chi connectivity index (χ0) is 22.2. The van der Waals surface area contributed by atoms with Crippen LogP contribution in [0.5, 0.6) is 17.5 Å². The first-order valence-corrected chi connectivity index (χ1v) is 9.95. The highest BCUT2D eigenvalue weighted by Crippen LogP contribution is 2.20. The normalized spacial score (nSPS) is 10.4. The number of halogens is 1. The Labute approximate surface area is 184 Å². The quantitative estimate of drug-likeness (QED) is 0.431. The molecule has 0 saturated carbocycles. The Morgan fingerprint density at radius 2 is 1.59 bits per heavy atom. The number of aromatic nitrogens is 2. The molecule has 0 saturated heterocycles. The van der Waals surface area contributed by atoms with Gasteiger partial charge in [-0.2, -0.15) is 0 Å². The molecule has 2 heterocycles. The number of rotatable bonds is 8. The molecule has 0 atom stereocenters. The number of carbonyl (C=O) groups excluding carboxylic acids is 1. The van der Waals surface area contributed by atoms with E-state index in [0.29, 0.717) is 29.7 Å². The number of ether oxygens (including phenoxy) is 2. The first-order valence-electron chi connectivity index (χ1n) is 9.95. The van der Waals surface area contributed by atoms with Crippen LogP contribution in [0, 0.1) is 5.82 Å². The van der Waals surface area contributed by atoms with Crippen molar-refractivity contribution in [2.75, 3.05) is 0 Å². The largest absolute Gasteiger partial charge is 0.473 e. The molecule has 0 spiro atoms. The van der Waals surface area contributed by atoms with Gasteiger partial charge in [-0.05, 0) is 47.5 Å². The van der Waals surface area contributed by atoms with E-state index < -0.39 is 0 Å². The Kier molecular flexibility index (Phi) is 6.67. The fourth-order valence-electron chi connectivity index (χ4n) is 2.89. The number of hydrogen-bond donors (Lipinski definition) is 1. The van der Waals surface area contributed by atoms with E-state index in [1.165, 1.54) is 30.5 Å². The molecule has 0 unspecified atom stereocenters. The van der Waals surface area contributed by atoms with Crippen LogP contribution in [0.4, 0.5) is 4.39 Å². The third-order valence-electron chi connectivity index (χ3n) is 4.51. The third kappa shape index (κ3) is 5.89. The molecular weight excluding hydrogens is 409 g/mol. The van der Waals surface area contributed by atoms with E-state index in [1.807, 2.05) is 30.3 Å². The fraction of sp³-hybridized carbons (Fsp3) is 0.0800. The Morgan fingerprint density at radius 3 is 2.41 bits per heavy atom. The summed E-state index contributed by atoms with van der Waals surface area (Å²) in [5.41, 5.74) is 2.26. The average Bonchev–Trinajstić information content (AvgIpc) is 2.84. The predicted molar refractivity (Wildman–Crippen MR) is 117 cm³/mol. The smallest absolute Gasteiger partial charge is 0.251 e. The molecule has 160 valence electrons. The summed E-state index contributed by atoms with van der Waals surface area (Å²) in [7, 11) is 0. The second kappa shape index (κ2) is 10.2. The Balaban J connectivity index is 1.34. The first-order chi connectivity index (χ1) is 15.7. The number of benzene rings is 2. The Morgan fingerprint density at radius 1 is 0.844 bits per heavy atom. The second-order valence-electron chi connectivity index (χ2n) is 6.90. The van der Waals surface area contributed by atoms with Crippen molar-refractivity contribution in [2.45, 2.75) is 13.2 Å². The number of nitrogens with zero attached hydrogens (tertiary/aromatic N) is 2. The van der Waals surface area contributed by atoms with Crippen LogP contribution < -0.4 is 14.8 Å². The molecule has 1 amide bonds. The van der Waals surface area contributed by atoms with Gasteiger partial charge in [0, 0.05) is 36.6 Å². The van der Waals surface area contributed by atoms with Gasteiger partial charge >= 0.3 is 0 Å². The lowest BCUT2D eigenvalue weighted by atomic mass is 10.2. The number of hydrogen-bond acceptors (Lipinski definition) is 5. The Bertz CT molecular complexity index is 1180. The summed E-state index contributed by atoms with van der Waals surface area (Å²) in [6.07, 6.45) is 3.12. The van der Waals surface area contributed by atoms with Crippen molar-refractivity contribution in [1.82, 2.24) is 15.3 Å². The summed E-state index contributed by atoms with van der Waals surface area (Å²) >= 11 is 0. The van der Waals surface area contributed by atoms with Crippen LogP contribution in [0.25, 0.3) is 0 Å². The number of pyridine rings is 2. The minimum Gasteiger partial charge on any atom is -0.473 e. The standard InChI is InChI=1S/C25H20FN3O3/c26-21-6-8-22(9-7-21)32-24-14-19(10-12-28-24)16-29-25(30)20-11-13-27-23(15-20)31-17-18-4-2-1-3-5-18/h1-15H,16-17H2,(H,29,30). The molecule has 6 nitrogen and oxygen atoms in total. The van der Waals surface area contributed by atoms with Crippen molar-refractivity contribution >= 4 is 5.91 Å². The minimum absolute atomic E-state index is 0.255. The lowest BCUT2D eigenvalue weighted by Crippen LogP contribution is -2.22. The molecule has 7 heteroatoms. The van der Waals surface area contributed by atoms with E-state index >= 15 is 0 Å². The van der Waals surface area contributed by atoms with E-state index in [-0.39, 0.29) is 18.3 Å². The lowest BCUT2D eigenvalue weighted by molar-refractivity contribution is 0.0950. The van der Waals surface area contributed by atoms with E-state index in [4.69, 9.17) is 9.47 Å². The molecule has 4 rings (SSSR count). The maximum absolute atomic E-state index is 13.0. The highest BCUT2D eigenvalue weighted by Gasteiger charge is 2.09. The second-order valence-corrected chi connectivity index (χ2v) is 6.90. The number of carbonyl (C=O) groups is 1. The van der Waals surface area contributed by atoms with Gasteiger partial charge < -0.3 is 14.8 Å². The molecule has 1 N–H and O–H groups in total. The van der Waals surface area contributed by atoms with Gasteiger partial charge in [-0.1, -0.05) is 30.3 Å². The van der Waals surface area contributed by atoms with Crippen molar-refractivity contribution in [1.29, 1.82) is 0 Å². The molecule has 0 radical (unpaired) electrons. The van der Waals surface area contributed by atoms with Crippen LogP contribution >= 0.6 is 0 Å². The summed E-state index contributed by atoms with van der Waals surface area (Å²) < 4.78 is 24.3. The molecule has 0 fully saturated rings. The molecule has 32 heavy (non-hydrogen) atoms. The monoisotopic (exact) mass is 429 g/mol. The maximum Gasteiger partial charge on any atom is 0.251 e. The predicted octanol–water partition coefficient (Wildman–Crippen LogP) is 4.92. The third-order valence-corrected chi connectivity index (χ3v) is 4.51. The highest BCUT2D eigenvalue weighted by molar-refractivity contribution is 5.94. The van der Waals surface area contributed by atoms with Crippen LogP contribution in [0.2, 0.25) is 0 Å². The van der Waals surface area contributed by atoms with E-state index in [2.05, 4.69) is 15.3 Å². The van der Waals surface area contributed by atoms with Gasteiger partial charge in [-0.3, -0.25) is 4.79 Å². The number of amides is 1. The fourth-order valence-corrected chi connectivity index (χ4v) is 2.89. The summed E-state index contributed by atoms with van der Waals surface area (Å²) in [6, 6.07) is 22.1. The van der Waals surface area contributed by atoms with Gasteiger partial charge in [0.05, 0.1) is 0 Å². The van der Waals surface area contributed by atoms with Gasteiger partial charge in [0.15, 0.2) is 0 Å². The summed E-state index contributed by atoms with van der Waals surface area (Å²) in [4.78, 5) is 20.9. The first kappa shape index (κ1) is 21.0. The lowest BCUT2D eigenvalue weighted by Gasteiger charge is -2.09. The summed E-state index contributed by atoms with van der Waals surface area (Å²) in [5, 5.41) is 2.86. The SMILES string of the molecule is O=C(NCc1ccnc(Oc2ccc(F)cc2)c1)c1ccnc(OCc2ccccc2)c1. The Hall–Kier alpha value is -4.26. The zero-order valence-electron chi connectivity index (χ0n) is 17.1. The van der Waals surface area contributed by atoms with Crippen molar-refractivity contribution in [2.24, 2.45) is 0 Å². The van der Waals surface area contributed by atoms with E-state index in [0.717, 1.165) is 11.1 Å². The van der Waals surface area contributed by atoms with E-state index in [1.54, 1.807) is 30.5 Å². The molecule has 0 aliphatic rings. The van der Waals surface area contributed by atoms with Gasteiger partial charge in [-0.15, -0.1) is 0 Å². The van der Waals surface area contributed by atoms with Crippen molar-refractivity contribution in [3.8, 4) is 17.5 Å². The summed E-state index contributed by atoms with van der Waals surface area (Å²) in [5.74, 6) is 0.602. The van der Waals surface area contributed by atoms with Gasteiger partial charge in [-0.25, -0.2) is 14.4 Å². The molecule has 2 aromatic carbocycles. The van der Waals surface area contributed by atoms with Gasteiger partial charge in [0.1, 0.15) is 18.2 Å². The van der Waals surface area contributed by atoms with Crippen LogP contribution in [0.1, 0.15) is 21.5 Å². The van der Waals surface area contributed by atoms with Crippen molar-refractivity contribution < 1.29 is 18.7 Å². The molecule has 0 aliphatic carbocycles. The van der Waals surface area contributed by atoms with Gasteiger partial charge in [0.2, 0.25) is 11.8 Å². The maximum atomic E-state index is 13.0. The van der Waals surface area contributed by atoms with Crippen LogP contribution in [-0.4, -0.2) is 15.9 Å². The highest BCUT2D eigenvalue weighted by atomic mass is 19.1. The molecule has 0 aliphatic heterocycles. The summed E-state index contributed by atoms with van der Waals surface area (Å²) in [6.45, 7) is 0.649. The molecule has 2 aromatic heterocycles. The average molecular weight is 429 g/mol. The van der Waals surface area contributed by atoms with Gasteiger partial charge in [0.25, 0.3) is 5.91 Å². The minimum atomic E-state index is -0.341. The van der Waals surface area contributed by atoms with E-state index in [9.17, 15) is 9.18 Å². The molecule has 0 bridgehead atoms. The van der Waals surface area contributed by atoms with Crippen LogP contribution in [0.3, 0.4) is 0 Å².